The Morgan fingerprint density at radius 3 is 2.76 bits per heavy atom. The van der Waals surface area contributed by atoms with Crippen LogP contribution in [0.15, 0.2) is 46.9 Å². The summed E-state index contributed by atoms with van der Waals surface area (Å²) in [5.74, 6) is 0.354. The molecule has 152 valence electrons. The lowest BCUT2D eigenvalue weighted by molar-refractivity contribution is 0.0767. The summed E-state index contributed by atoms with van der Waals surface area (Å²) in [4.78, 5) is 21.5. The lowest BCUT2D eigenvalue weighted by Crippen LogP contribution is -2.35. The van der Waals surface area contributed by atoms with E-state index in [1.807, 2.05) is 11.0 Å². The van der Waals surface area contributed by atoms with Gasteiger partial charge in [0.15, 0.2) is 11.5 Å². The molecule has 1 aromatic heterocycles. The van der Waals surface area contributed by atoms with Gasteiger partial charge in [-0.2, -0.15) is 0 Å². The lowest BCUT2D eigenvalue weighted by Gasteiger charge is -2.23. The minimum atomic E-state index is -0.242. The minimum absolute atomic E-state index is 0.0114. The Balaban J connectivity index is 1.45. The number of fused-ring (bicyclic) bond motifs is 1. The highest BCUT2D eigenvalue weighted by atomic mass is 19.1. The molecule has 1 aliphatic heterocycles. The highest BCUT2D eigenvalue weighted by molar-refractivity contribution is 5.97. The zero-order valence-corrected chi connectivity index (χ0v) is 16.4. The van der Waals surface area contributed by atoms with Gasteiger partial charge in [0.25, 0.3) is 5.91 Å². The summed E-state index contributed by atoms with van der Waals surface area (Å²) in [5, 5.41) is 0. The van der Waals surface area contributed by atoms with Gasteiger partial charge >= 0.3 is 0 Å². The normalized spacial score (nSPS) is 15.0. The third-order valence-electron chi connectivity index (χ3n) is 5.17. The van der Waals surface area contributed by atoms with Crippen molar-refractivity contribution in [3.8, 4) is 0 Å². The number of rotatable bonds is 5. The molecule has 2 heterocycles. The van der Waals surface area contributed by atoms with Gasteiger partial charge in [0.1, 0.15) is 11.3 Å². The Kier molecular flexibility index (Phi) is 5.76. The summed E-state index contributed by atoms with van der Waals surface area (Å²) in [6, 6.07) is 11.9. The maximum atomic E-state index is 13.2. The molecule has 3 aromatic rings. The second-order valence-electron chi connectivity index (χ2n) is 7.14. The van der Waals surface area contributed by atoms with Crippen molar-refractivity contribution < 1.29 is 18.3 Å². The Morgan fingerprint density at radius 2 is 1.97 bits per heavy atom. The third kappa shape index (κ3) is 4.40. The third-order valence-corrected chi connectivity index (χ3v) is 5.17. The molecule has 1 aliphatic rings. The predicted molar refractivity (Wildman–Crippen MR) is 109 cm³/mol. The van der Waals surface area contributed by atoms with Crippen LogP contribution in [-0.4, -0.2) is 55.7 Å². The van der Waals surface area contributed by atoms with Crippen molar-refractivity contribution in [2.24, 2.45) is 0 Å². The van der Waals surface area contributed by atoms with Gasteiger partial charge < -0.3 is 19.0 Å². The van der Waals surface area contributed by atoms with Crippen LogP contribution < -0.4 is 4.90 Å². The Bertz CT molecular complexity index is 987. The molecule has 0 N–H and O–H groups in total. The number of carbonyl (C=O) groups excluding carboxylic acids is 1. The summed E-state index contributed by atoms with van der Waals surface area (Å²) in [6.07, 6.45) is 1.45. The Labute approximate surface area is 168 Å². The molecular weight excluding hydrogens is 373 g/mol. The van der Waals surface area contributed by atoms with Crippen molar-refractivity contribution >= 4 is 22.7 Å². The van der Waals surface area contributed by atoms with Crippen molar-refractivity contribution in [1.82, 2.24) is 9.88 Å². The number of halogens is 1. The molecule has 29 heavy (non-hydrogen) atoms. The van der Waals surface area contributed by atoms with E-state index < -0.39 is 0 Å². The zero-order chi connectivity index (χ0) is 20.2. The minimum Gasteiger partial charge on any atom is -0.441 e. The van der Waals surface area contributed by atoms with Crippen LogP contribution in [0.3, 0.4) is 0 Å². The van der Waals surface area contributed by atoms with Crippen LogP contribution >= 0.6 is 0 Å². The van der Waals surface area contributed by atoms with E-state index in [1.54, 1.807) is 31.4 Å². The molecule has 1 saturated heterocycles. The van der Waals surface area contributed by atoms with Crippen molar-refractivity contribution in [2.45, 2.75) is 12.8 Å². The van der Waals surface area contributed by atoms with E-state index in [9.17, 15) is 9.18 Å². The number of ether oxygens (including phenoxy) is 1. The quantitative estimate of drug-likeness (QED) is 0.659. The summed E-state index contributed by atoms with van der Waals surface area (Å²) in [7, 11) is 1.64. The number of nitrogens with zero attached hydrogens (tertiary/aromatic N) is 3. The standard InChI is InChI=1S/C22H24FN3O3/c1-28-14-9-21-24-19-8-3-16(15-20(19)29-21)22(27)26-11-2-10-25(12-13-26)18-6-4-17(23)5-7-18/h3-8,15H,2,9-14H2,1H3. The molecule has 0 saturated carbocycles. The van der Waals surface area contributed by atoms with Crippen LogP contribution in [0, 0.1) is 5.82 Å². The van der Waals surface area contributed by atoms with Crippen LogP contribution in [0.5, 0.6) is 0 Å². The first-order valence-corrected chi connectivity index (χ1v) is 9.82. The number of oxazole rings is 1. The molecule has 2 aromatic carbocycles. The topological polar surface area (TPSA) is 58.8 Å². The number of amides is 1. The molecular formula is C22H24FN3O3. The number of carbonyl (C=O) groups is 1. The summed E-state index contributed by atoms with van der Waals surface area (Å²) in [5.41, 5.74) is 2.94. The molecule has 0 spiro atoms. The van der Waals surface area contributed by atoms with E-state index in [0.717, 1.165) is 24.2 Å². The van der Waals surface area contributed by atoms with Crippen LogP contribution in [-0.2, 0) is 11.2 Å². The fraction of sp³-hybridized carbons (Fsp3) is 0.364. The fourth-order valence-corrected chi connectivity index (χ4v) is 3.61. The van der Waals surface area contributed by atoms with Crippen molar-refractivity contribution in [1.29, 1.82) is 0 Å². The molecule has 1 fully saturated rings. The van der Waals surface area contributed by atoms with Gasteiger partial charge in [0.05, 0.1) is 6.61 Å². The van der Waals surface area contributed by atoms with Crippen LogP contribution in [0.2, 0.25) is 0 Å². The maximum absolute atomic E-state index is 13.2. The van der Waals surface area contributed by atoms with Crippen molar-refractivity contribution in [3.63, 3.8) is 0 Å². The Hall–Kier alpha value is -2.93. The largest absolute Gasteiger partial charge is 0.441 e. The average Bonchev–Trinajstić information content (AvgIpc) is 2.98. The monoisotopic (exact) mass is 397 g/mol. The first kappa shape index (κ1) is 19.4. The van der Waals surface area contributed by atoms with Gasteiger partial charge in [-0.1, -0.05) is 0 Å². The molecule has 0 radical (unpaired) electrons. The number of benzene rings is 2. The summed E-state index contributed by atoms with van der Waals surface area (Å²) >= 11 is 0. The highest BCUT2D eigenvalue weighted by Crippen LogP contribution is 2.21. The lowest BCUT2D eigenvalue weighted by atomic mass is 10.1. The van der Waals surface area contributed by atoms with Crippen LogP contribution in [0.25, 0.3) is 11.1 Å². The van der Waals surface area contributed by atoms with Gasteiger partial charge in [-0.3, -0.25) is 4.79 Å². The highest BCUT2D eigenvalue weighted by Gasteiger charge is 2.21. The number of hydrogen-bond donors (Lipinski definition) is 0. The van der Waals surface area contributed by atoms with Gasteiger partial charge in [0.2, 0.25) is 0 Å². The number of hydrogen-bond acceptors (Lipinski definition) is 5. The molecule has 0 bridgehead atoms. The maximum Gasteiger partial charge on any atom is 0.254 e. The number of anilines is 1. The van der Waals surface area contributed by atoms with Gasteiger partial charge in [-0.25, -0.2) is 9.37 Å². The summed E-state index contributed by atoms with van der Waals surface area (Å²) in [6.45, 7) is 3.38. The van der Waals surface area contributed by atoms with Gasteiger partial charge in [0, 0.05) is 51.0 Å². The molecule has 4 rings (SSSR count). The fourth-order valence-electron chi connectivity index (χ4n) is 3.61. The summed E-state index contributed by atoms with van der Waals surface area (Å²) < 4.78 is 24.0. The molecule has 0 aliphatic carbocycles. The second kappa shape index (κ2) is 8.61. The SMILES string of the molecule is COCCc1nc2ccc(C(=O)N3CCCN(c4ccc(F)cc4)CC3)cc2o1. The molecule has 7 heteroatoms. The first-order chi connectivity index (χ1) is 14.1. The van der Waals surface area contributed by atoms with E-state index in [-0.39, 0.29) is 11.7 Å². The average molecular weight is 397 g/mol. The van der Waals surface area contributed by atoms with E-state index in [1.165, 1.54) is 12.1 Å². The van der Waals surface area contributed by atoms with Gasteiger partial charge in [-0.15, -0.1) is 0 Å². The van der Waals surface area contributed by atoms with Crippen molar-refractivity contribution in [2.75, 3.05) is 44.8 Å². The Morgan fingerprint density at radius 1 is 1.14 bits per heavy atom. The van der Waals surface area contributed by atoms with E-state index in [0.29, 0.717) is 49.7 Å². The second-order valence-corrected chi connectivity index (χ2v) is 7.14. The van der Waals surface area contributed by atoms with Crippen molar-refractivity contribution in [3.05, 3.63) is 59.7 Å². The van der Waals surface area contributed by atoms with E-state index >= 15 is 0 Å². The first-order valence-electron chi connectivity index (χ1n) is 9.82. The molecule has 1 amide bonds. The predicted octanol–water partition coefficient (Wildman–Crippen LogP) is 3.51. The number of methoxy groups -OCH3 is 1. The molecule has 0 unspecified atom stereocenters. The van der Waals surface area contributed by atoms with E-state index in [2.05, 4.69) is 9.88 Å². The smallest absolute Gasteiger partial charge is 0.254 e. The zero-order valence-electron chi connectivity index (χ0n) is 16.4. The molecule has 0 atom stereocenters. The van der Waals surface area contributed by atoms with E-state index in [4.69, 9.17) is 9.15 Å². The van der Waals surface area contributed by atoms with Crippen LogP contribution in [0.1, 0.15) is 22.7 Å². The molecule has 6 nitrogen and oxygen atoms in total. The number of aromatic nitrogens is 1. The van der Waals surface area contributed by atoms with Gasteiger partial charge in [-0.05, 0) is 48.9 Å². The van der Waals surface area contributed by atoms with Crippen LogP contribution in [0.4, 0.5) is 10.1 Å².